The Bertz CT molecular complexity index is 474. The molecule has 0 saturated carbocycles. The van der Waals surface area contributed by atoms with Gasteiger partial charge in [0.05, 0.1) is 5.52 Å². The molecule has 0 aliphatic heterocycles. The Balaban J connectivity index is 2.98. The van der Waals surface area contributed by atoms with E-state index in [0.717, 1.165) is 21.5 Å². The average Bonchev–Trinajstić information content (AvgIpc) is 2.35. The van der Waals surface area contributed by atoms with E-state index in [-0.39, 0.29) is 0 Å². The predicted octanol–water partition coefficient (Wildman–Crippen LogP) is 3.19. The highest BCUT2D eigenvalue weighted by Gasteiger charge is 2.10. The third-order valence-corrected chi connectivity index (χ3v) is 2.84. The number of hydrogen-bond donors (Lipinski definition) is 0. The first-order valence-electron chi connectivity index (χ1n) is 3.88. The molecule has 2 nitrogen and oxygen atoms in total. The fourth-order valence-corrected chi connectivity index (χ4v) is 1.95. The number of nitrogens with zero attached hydrogens (tertiary/aromatic N) is 2. The topological polar surface area (TPSA) is 17.8 Å². The Morgan fingerprint density at radius 1 is 1.31 bits per heavy atom. The van der Waals surface area contributed by atoms with Crippen molar-refractivity contribution in [2.24, 2.45) is 7.05 Å². The summed E-state index contributed by atoms with van der Waals surface area (Å²) in [6, 6.07) is 3.78. The lowest BCUT2D eigenvalue weighted by atomic mass is 10.1. The molecule has 0 aliphatic carbocycles. The molecule has 0 fully saturated rings. The largest absolute Gasteiger partial charge is 0.266 e. The molecule has 2 aromatic rings. The molecule has 4 heteroatoms. The molecule has 1 aromatic carbocycles. The average molecular weight is 215 g/mol. The van der Waals surface area contributed by atoms with Gasteiger partial charge < -0.3 is 0 Å². The standard InChI is InChI=1S/C9H8Cl2N2/c1-5-6(10)3-4-7-8(5)9(11)12-13(7)2/h3-4H,1-2H3. The van der Waals surface area contributed by atoms with Gasteiger partial charge in [0.15, 0.2) is 5.15 Å². The first kappa shape index (κ1) is 8.85. The molecule has 0 aliphatic rings. The van der Waals surface area contributed by atoms with Crippen LogP contribution in [0.5, 0.6) is 0 Å². The monoisotopic (exact) mass is 214 g/mol. The maximum atomic E-state index is 5.97. The minimum atomic E-state index is 0.512. The smallest absolute Gasteiger partial charge is 0.159 e. The van der Waals surface area contributed by atoms with E-state index in [1.54, 1.807) is 4.68 Å². The van der Waals surface area contributed by atoms with Gasteiger partial charge in [-0.15, -0.1) is 0 Å². The zero-order valence-corrected chi connectivity index (χ0v) is 8.82. The summed E-state index contributed by atoms with van der Waals surface area (Å²) in [4.78, 5) is 0. The molecule has 0 radical (unpaired) electrons. The Morgan fingerprint density at radius 2 is 2.00 bits per heavy atom. The lowest BCUT2D eigenvalue weighted by Crippen LogP contribution is -1.88. The van der Waals surface area contributed by atoms with Gasteiger partial charge in [0, 0.05) is 17.5 Å². The van der Waals surface area contributed by atoms with Gasteiger partial charge in [-0.05, 0) is 24.6 Å². The molecule has 13 heavy (non-hydrogen) atoms. The van der Waals surface area contributed by atoms with Gasteiger partial charge >= 0.3 is 0 Å². The van der Waals surface area contributed by atoms with Crippen LogP contribution in [0.2, 0.25) is 10.2 Å². The number of benzene rings is 1. The molecule has 1 heterocycles. The molecular weight excluding hydrogens is 207 g/mol. The van der Waals surface area contributed by atoms with E-state index in [4.69, 9.17) is 23.2 Å². The molecule has 0 bridgehead atoms. The Labute approximate surface area is 86.1 Å². The van der Waals surface area contributed by atoms with Gasteiger partial charge in [-0.3, -0.25) is 4.68 Å². The maximum absolute atomic E-state index is 5.97. The Morgan fingerprint density at radius 3 is 2.69 bits per heavy atom. The quantitative estimate of drug-likeness (QED) is 0.659. The molecule has 0 unspecified atom stereocenters. The van der Waals surface area contributed by atoms with Crippen molar-refractivity contribution in [1.82, 2.24) is 9.78 Å². The number of hydrogen-bond acceptors (Lipinski definition) is 1. The van der Waals surface area contributed by atoms with Crippen LogP contribution in [0.25, 0.3) is 10.9 Å². The van der Waals surface area contributed by atoms with Crippen molar-refractivity contribution in [3.63, 3.8) is 0 Å². The number of rotatable bonds is 0. The van der Waals surface area contributed by atoms with Crippen LogP contribution in [0.15, 0.2) is 12.1 Å². The number of aryl methyl sites for hydroxylation is 2. The first-order chi connectivity index (χ1) is 6.11. The van der Waals surface area contributed by atoms with E-state index in [9.17, 15) is 0 Å². The van der Waals surface area contributed by atoms with Crippen molar-refractivity contribution in [2.45, 2.75) is 6.92 Å². The van der Waals surface area contributed by atoms with Crippen LogP contribution in [-0.2, 0) is 7.05 Å². The van der Waals surface area contributed by atoms with Crippen molar-refractivity contribution < 1.29 is 0 Å². The third-order valence-electron chi connectivity index (χ3n) is 2.17. The zero-order valence-electron chi connectivity index (χ0n) is 7.31. The SMILES string of the molecule is Cc1c(Cl)ccc2c1c(Cl)nn2C. The summed E-state index contributed by atoms with van der Waals surface area (Å²) in [5, 5.41) is 6.29. The zero-order chi connectivity index (χ0) is 9.59. The summed E-state index contributed by atoms with van der Waals surface area (Å²) in [6.45, 7) is 1.94. The van der Waals surface area contributed by atoms with Gasteiger partial charge in [-0.25, -0.2) is 0 Å². The molecule has 2 rings (SSSR count). The van der Waals surface area contributed by atoms with Crippen molar-refractivity contribution in [1.29, 1.82) is 0 Å². The number of fused-ring (bicyclic) bond motifs is 1. The van der Waals surface area contributed by atoms with Gasteiger partial charge in [-0.2, -0.15) is 5.10 Å². The molecule has 68 valence electrons. The second kappa shape index (κ2) is 2.89. The van der Waals surface area contributed by atoms with E-state index in [1.807, 2.05) is 26.1 Å². The number of halogens is 2. The fraction of sp³-hybridized carbons (Fsp3) is 0.222. The lowest BCUT2D eigenvalue weighted by Gasteiger charge is -1.99. The molecular formula is C9H8Cl2N2. The first-order valence-corrected chi connectivity index (χ1v) is 4.64. The second-order valence-electron chi connectivity index (χ2n) is 2.98. The van der Waals surface area contributed by atoms with Gasteiger partial charge in [0.1, 0.15) is 0 Å². The third kappa shape index (κ3) is 1.21. The van der Waals surface area contributed by atoms with Crippen molar-refractivity contribution in [3.05, 3.63) is 27.9 Å². The molecule has 0 spiro atoms. The van der Waals surface area contributed by atoms with Crippen LogP contribution in [0.1, 0.15) is 5.56 Å². The lowest BCUT2D eigenvalue weighted by molar-refractivity contribution is 0.797. The molecule has 0 amide bonds. The predicted molar refractivity (Wildman–Crippen MR) is 55.5 cm³/mol. The van der Waals surface area contributed by atoms with Gasteiger partial charge in [-0.1, -0.05) is 23.2 Å². The normalized spacial score (nSPS) is 11.1. The van der Waals surface area contributed by atoms with Gasteiger partial charge in [0.25, 0.3) is 0 Å². The van der Waals surface area contributed by atoms with Crippen LogP contribution in [0.3, 0.4) is 0 Å². The summed E-state index contributed by atoms with van der Waals surface area (Å²) in [5.74, 6) is 0. The highest BCUT2D eigenvalue weighted by molar-refractivity contribution is 6.36. The maximum Gasteiger partial charge on any atom is 0.159 e. The highest BCUT2D eigenvalue weighted by atomic mass is 35.5. The van der Waals surface area contributed by atoms with Crippen molar-refractivity contribution in [2.75, 3.05) is 0 Å². The molecule has 0 saturated heterocycles. The summed E-state index contributed by atoms with van der Waals surface area (Å²) < 4.78 is 1.75. The summed E-state index contributed by atoms with van der Waals surface area (Å²) in [7, 11) is 1.86. The summed E-state index contributed by atoms with van der Waals surface area (Å²) >= 11 is 11.9. The van der Waals surface area contributed by atoms with Gasteiger partial charge in [0.2, 0.25) is 0 Å². The van der Waals surface area contributed by atoms with Crippen LogP contribution in [0, 0.1) is 6.92 Å². The summed E-state index contributed by atoms with van der Waals surface area (Å²) in [6.07, 6.45) is 0. The Hall–Kier alpha value is -0.730. The van der Waals surface area contributed by atoms with E-state index in [1.165, 1.54) is 0 Å². The van der Waals surface area contributed by atoms with E-state index in [0.29, 0.717) is 5.15 Å². The number of aromatic nitrogens is 2. The van der Waals surface area contributed by atoms with Crippen LogP contribution in [-0.4, -0.2) is 9.78 Å². The van der Waals surface area contributed by atoms with E-state index >= 15 is 0 Å². The summed E-state index contributed by atoms with van der Waals surface area (Å²) in [5.41, 5.74) is 1.99. The molecule has 1 aromatic heterocycles. The van der Waals surface area contributed by atoms with Crippen molar-refractivity contribution >= 4 is 34.1 Å². The van der Waals surface area contributed by atoms with Crippen LogP contribution < -0.4 is 0 Å². The Kier molecular flexibility index (Phi) is 1.97. The molecule has 0 atom stereocenters. The highest BCUT2D eigenvalue weighted by Crippen LogP contribution is 2.29. The minimum absolute atomic E-state index is 0.512. The molecule has 0 N–H and O–H groups in total. The van der Waals surface area contributed by atoms with Crippen molar-refractivity contribution in [3.8, 4) is 0 Å². The minimum Gasteiger partial charge on any atom is -0.266 e. The second-order valence-corrected chi connectivity index (χ2v) is 3.75. The van der Waals surface area contributed by atoms with E-state index in [2.05, 4.69) is 5.10 Å². The van der Waals surface area contributed by atoms with E-state index < -0.39 is 0 Å². The fourth-order valence-electron chi connectivity index (χ4n) is 1.44. The van der Waals surface area contributed by atoms with Crippen LogP contribution >= 0.6 is 23.2 Å². The van der Waals surface area contributed by atoms with Crippen LogP contribution in [0.4, 0.5) is 0 Å².